The molecule has 2 aliphatic heterocycles. The van der Waals surface area contributed by atoms with E-state index in [2.05, 4.69) is 49.1 Å². The van der Waals surface area contributed by atoms with Crippen molar-refractivity contribution >= 4 is 6.02 Å². The van der Waals surface area contributed by atoms with Crippen LogP contribution in [-0.2, 0) is 4.74 Å². The van der Waals surface area contributed by atoms with Crippen molar-refractivity contribution in [2.75, 3.05) is 13.2 Å². The summed E-state index contributed by atoms with van der Waals surface area (Å²) in [5.41, 5.74) is 1.30. The number of rotatable bonds is 1. The number of likely N-dealkylation sites (tertiary alicyclic amines) is 1. The molecule has 0 aromatic heterocycles. The van der Waals surface area contributed by atoms with Crippen molar-refractivity contribution in [1.82, 2.24) is 4.90 Å². The Kier molecular flexibility index (Phi) is 3.21. The van der Waals surface area contributed by atoms with Gasteiger partial charge in [-0.3, -0.25) is 0 Å². The quantitative estimate of drug-likeness (QED) is 0.771. The van der Waals surface area contributed by atoms with Gasteiger partial charge in [0.05, 0.1) is 11.6 Å². The second-order valence-corrected chi connectivity index (χ2v) is 6.11. The van der Waals surface area contributed by atoms with Crippen LogP contribution in [0.3, 0.4) is 0 Å². The van der Waals surface area contributed by atoms with Gasteiger partial charge in [0.15, 0.2) is 0 Å². The Balaban J connectivity index is 1.86. The van der Waals surface area contributed by atoms with Crippen molar-refractivity contribution < 1.29 is 4.74 Å². The largest absolute Gasteiger partial charge is 0.463 e. The molecule has 0 amide bonds. The summed E-state index contributed by atoms with van der Waals surface area (Å²) in [5, 5.41) is 0. The fourth-order valence-corrected chi connectivity index (χ4v) is 2.89. The zero-order chi connectivity index (χ0) is 13.3. The van der Waals surface area contributed by atoms with Gasteiger partial charge >= 0.3 is 0 Å². The van der Waals surface area contributed by atoms with E-state index >= 15 is 0 Å². The van der Waals surface area contributed by atoms with E-state index in [9.17, 15) is 0 Å². The van der Waals surface area contributed by atoms with Crippen LogP contribution in [0.2, 0.25) is 0 Å². The van der Waals surface area contributed by atoms with Gasteiger partial charge in [-0.25, -0.2) is 4.99 Å². The van der Waals surface area contributed by atoms with Crippen molar-refractivity contribution in [3.63, 3.8) is 0 Å². The summed E-state index contributed by atoms with van der Waals surface area (Å²) in [4.78, 5) is 7.09. The highest BCUT2D eigenvalue weighted by atomic mass is 16.5. The normalized spacial score (nSPS) is 25.9. The summed E-state index contributed by atoms with van der Waals surface area (Å²) in [7, 11) is 0. The van der Waals surface area contributed by atoms with Crippen LogP contribution in [0.4, 0.5) is 0 Å². The Morgan fingerprint density at radius 1 is 1.21 bits per heavy atom. The molecule has 0 saturated carbocycles. The lowest BCUT2D eigenvalue weighted by Crippen LogP contribution is -2.38. The molecule has 1 unspecified atom stereocenters. The van der Waals surface area contributed by atoms with E-state index < -0.39 is 0 Å². The first kappa shape index (κ1) is 12.5. The van der Waals surface area contributed by atoms with Crippen molar-refractivity contribution in [2.45, 2.75) is 44.7 Å². The van der Waals surface area contributed by atoms with Crippen LogP contribution in [0.15, 0.2) is 35.3 Å². The highest BCUT2D eigenvalue weighted by molar-refractivity contribution is 5.76. The van der Waals surface area contributed by atoms with Gasteiger partial charge in [0.25, 0.3) is 6.02 Å². The Labute approximate surface area is 115 Å². The molecule has 2 heterocycles. The molecule has 0 bridgehead atoms. The summed E-state index contributed by atoms with van der Waals surface area (Å²) in [6.45, 7) is 6.00. The molecule has 1 atom stereocenters. The number of benzene rings is 1. The van der Waals surface area contributed by atoms with Crippen LogP contribution in [0.5, 0.6) is 0 Å². The zero-order valence-electron chi connectivity index (χ0n) is 11.8. The monoisotopic (exact) mass is 258 g/mol. The van der Waals surface area contributed by atoms with E-state index in [4.69, 9.17) is 9.73 Å². The third-order valence-corrected chi connectivity index (χ3v) is 3.89. The predicted molar refractivity (Wildman–Crippen MR) is 77.2 cm³/mol. The van der Waals surface area contributed by atoms with Crippen LogP contribution in [0, 0.1) is 0 Å². The molecule has 3 heteroatoms. The van der Waals surface area contributed by atoms with E-state index in [1.54, 1.807) is 0 Å². The molecule has 1 aromatic rings. The van der Waals surface area contributed by atoms with Crippen molar-refractivity contribution in [2.24, 2.45) is 4.99 Å². The first-order chi connectivity index (χ1) is 9.16. The summed E-state index contributed by atoms with van der Waals surface area (Å²) >= 11 is 0. The van der Waals surface area contributed by atoms with Gasteiger partial charge in [0.1, 0.15) is 6.61 Å². The van der Waals surface area contributed by atoms with Crippen LogP contribution < -0.4 is 0 Å². The Hall–Kier alpha value is -1.51. The Morgan fingerprint density at radius 3 is 2.68 bits per heavy atom. The molecule has 3 nitrogen and oxygen atoms in total. The fraction of sp³-hybridized carbons (Fsp3) is 0.562. The molecule has 1 fully saturated rings. The molecule has 1 saturated heterocycles. The average molecular weight is 258 g/mol. The Morgan fingerprint density at radius 2 is 2.00 bits per heavy atom. The summed E-state index contributed by atoms with van der Waals surface area (Å²) in [6.07, 6.45) is 3.70. The molecule has 0 N–H and O–H groups in total. The van der Waals surface area contributed by atoms with Gasteiger partial charge in [-0.15, -0.1) is 0 Å². The fourth-order valence-electron chi connectivity index (χ4n) is 2.89. The smallest absolute Gasteiger partial charge is 0.288 e. The molecule has 102 valence electrons. The average Bonchev–Trinajstić information content (AvgIpc) is 2.80. The number of ether oxygens (including phenoxy) is 1. The van der Waals surface area contributed by atoms with Crippen molar-refractivity contribution in [1.29, 1.82) is 0 Å². The first-order valence-electron chi connectivity index (χ1n) is 7.20. The molecular formula is C16H22N2O. The molecular weight excluding hydrogens is 236 g/mol. The van der Waals surface area contributed by atoms with Crippen LogP contribution in [0.1, 0.15) is 44.7 Å². The van der Waals surface area contributed by atoms with Gasteiger partial charge in [-0.05, 0) is 38.7 Å². The molecule has 1 aromatic carbocycles. The number of amidine groups is 1. The standard InChI is InChI=1S/C16H22N2O/c1-16(2)12-19-15(17-16)18-11-7-6-10-14(18)13-8-4-3-5-9-13/h3-5,8-9,14H,6-7,10-12H2,1-2H3. The van der Waals surface area contributed by atoms with Crippen molar-refractivity contribution in [3.8, 4) is 0 Å². The third-order valence-electron chi connectivity index (χ3n) is 3.89. The van der Waals surface area contributed by atoms with E-state index in [0.29, 0.717) is 12.6 Å². The van der Waals surface area contributed by atoms with E-state index in [1.807, 2.05) is 0 Å². The Bertz CT molecular complexity index is 467. The molecule has 0 radical (unpaired) electrons. The van der Waals surface area contributed by atoms with E-state index in [-0.39, 0.29) is 5.54 Å². The van der Waals surface area contributed by atoms with Gasteiger partial charge in [0.2, 0.25) is 0 Å². The van der Waals surface area contributed by atoms with Gasteiger partial charge < -0.3 is 9.64 Å². The molecule has 2 aliphatic rings. The lowest BCUT2D eigenvalue weighted by Gasteiger charge is -2.36. The maximum Gasteiger partial charge on any atom is 0.288 e. The van der Waals surface area contributed by atoms with Gasteiger partial charge in [-0.1, -0.05) is 30.3 Å². The minimum absolute atomic E-state index is 0.0754. The summed E-state index contributed by atoms with van der Waals surface area (Å²) in [5.74, 6) is 0. The zero-order valence-corrected chi connectivity index (χ0v) is 11.8. The maximum absolute atomic E-state index is 5.84. The van der Waals surface area contributed by atoms with Gasteiger partial charge in [-0.2, -0.15) is 0 Å². The number of aliphatic imine (C=N–C) groups is 1. The highest BCUT2D eigenvalue weighted by Crippen LogP contribution is 2.33. The van der Waals surface area contributed by atoms with Crippen LogP contribution in [-0.4, -0.2) is 29.6 Å². The second kappa shape index (κ2) is 4.87. The minimum atomic E-state index is -0.0754. The van der Waals surface area contributed by atoms with Crippen molar-refractivity contribution in [3.05, 3.63) is 35.9 Å². The number of hydrogen-bond donors (Lipinski definition) is 0. The van der Waals surface area contributed by atoms with E-state index in [0.717, 1.165) is 12.6 Å². The molecule has 0 spiro atoms. The third kappa shape index (κ3) is 2.60. The number of hydrogen-bond acceptors (Lipinski definition) is 3. The SMILES string of the molecule is CC1(C)COC(N2CCCCC2c2ccccc2)=N1. The number of nitrogens with zero attached hydrogens (tertiary/aromatic N) is 2. The van der Waals surface area contributed by atoms with E-state index in [1.165, 1.54) is 24.8 Å². The topological polar surface area (TPSA) is 24.8 Å². The predicted octanol–water partition coefficient (Wildman–Crippen LogP) is 3.38. The van der Waals surface area contributed by atoms with Crippen LogP contribution in [0.25, 0.3) is 0 Å². The summed E-state index contributed by atoms with van der Waals surface area (Å²) in [6, 6.07) is 12.0. The molecule has 3 rings (SSSR count). The second-order valence-electron chi connectivity index (χ2n) is 6.11. The molecule has 19 heavy (non-hydrogen) atoms. The first-order valence-corrected chi connectivity index (χ1v) is 7.20. The lowest BCUT2D eigenvalue weighted by molar-refractivity contribution is 0.175. The summed E-state index contributed by atoms with van der Waals surface area (Å²) < 4.78 is 5.84. The maximum atomic E-state index is 5.84. The molecule has 0 aliphatic carbocycles. The van der Waals surface area contributed by atoms with Crippen LogP contribution >= 0.6 is 0 Å². The minimum Gasteiger partial charge on any atom is -0.463 e. The number of piperidine rings is 1. The highest BCUT2D eigenvalue weighted by Gasteiger charge is 2.34. The lowest BCUT2D eigenvalue weighted by atomic mass is 9.96. The van der Waals surface area contributed by atoms with Gasteiger partial charge in [0, 0.05) is 6.54 Å².